The van der Waals surface area contributed by atoms with Crippen LogP contribution in [-0.4, -0.2) is 43.3 Å². The van der Waals surface area contributed by atoms with E-state index in [4.69, 9.17) is 14.5 Å². The topological polar surface area (TPSA) is 34.6 Å². The van der Waals surface area contributed by atoms with Crippen LogP contribution in [0.2, 0.25) is 0 Å². The highest BCUT2D eigenvalue weighted by Crippen LogP contribution is 2.28. The fourth-order valence-electron chi connectivity index (χ4n) is 2.54. The SMILES string of the molecule is COc1ccc(CN2CCOCC2)nc1-c1ccc(F)cc1. The van der Waals surface area contributed by atoms with Gasteiger partial charge in [-0.2, -0.15) is 0 Å². The average Bonchev–Trinajstić information content (AvgIpc) is 2.56. The summed E-state index contributed by atoms with van der Waals surface area (Å²) in [5.74, 6) is 0.435. The number of benzene rings is 1. The molecule has 0 bridgehead atoms. The molecule has 2 aromatic rings. The lowest BCUT2D eigenvalue weighted by Gasteiger charge is -2.26. The molecule has 0 atom stereocenters. The molecule has 0 aliphatic carbocycles. The summed E-state index contributed by atoms with van der Waals surface area (Å²) in [7, 11) is 1.62. The molecule has 1 fully saturated rings. The monoisotopic (exact) mass is 302 g/mol. The highest BCUT2D eigenvalue weighted by molar-refractivity contribution is 5.66. The number of ether oxygens (including phenoxy) is 2. The van der Waals surface area contributed by atoms with E-state index in [1.165, 1.54) is 12.1 Å². The Morgan fingerprint density at radius 2 is 1.86 bits per heavy atom. The van der Waals surface area contributed by atoms with Crippen LogP contribution in [0.3, 0.4) is 0 Å². The van der Waals surface area contributed by atoms with Gasteiger partial charge in [-0.15, -0.1) is 0 Å². The van der Waals surface area contributed by atoms with Crippen molar-refractivity contribution in [2.24, 2.45) is 0 Å². The third-order valence-corrected chi connectivity index (χ3v) is 3.74. The molecule has 0 spiro atoms. The standard InChI is InChI=1S/C17H19FN2O2/c1-21-16-7-6-15(12-20-8-10-22-11-9-20)19-17(16)13-2-4-14(18)5-3-13/h2-7H,8-12H2,1H3. The zero-order chi connectivity index (χ0) is 15.4. The van der Waals surface area contributed by atoms with Gasteiger partial charge in [0.2, 0.25) is 0 Å². The highest BCUT2D eigenvalue weighted by atomic mass is 19.1. The van der Waals surface area contributed by atoms with Crippen molar-refractivity contribution in [2.75, 3.05) is 33.4 Å². The molecule has 1 saturated heterocycles. The van der Waals surface area contributed by atoms with Crippen LogP contribution in [0.15, 0.2) is 36.4 Å². The van der Waals surface area contributed by atoms with E-state index < -0.39 is 0 Å². The highest BCUT2D eigenvalue weighted by Gasteiger charge is 2.14. The summed E-state index contributed by atoms with van der Waals surface area (Å²) < 4.78 is 23.8. The Morgan fingerprint density at radius 1 is 1.14 bits per heavy atom. The number of hydrogen-bond acceptors (Lipinski definition) is 4. The first-order valence-corrected chi connectivity index (χ1v) is 7.36. The minimum Gasteiger partial charge on any atom is -0.494 e. The van der Waals surface area contributed by atoms with Crippen LogP contribution in [0.4, 0.5) is 4.39 Å². The van der Waals surface area contributed by atoms with Gasteiger partial charge in [-0.25, -0.2) is 9.37 Å². The molecule has 116 valence electrons. The lowest BCUT2D eigenvalue weighted by molar-refractivity contribution is 0.0336. The third kappa shape index (κ3) is 3.43. The van der Waals surface area contributed by atoms with Crippen molar-refractivity contribution >= 4 is 0 Å². The zero-order valence-electron chi connectivity index (χ0n) is 12.6. The Balaban J connectivity index is 1.87. The van der Waals surface area contributed by atoms with Gasteiger partial charge in [0, 0.05) is 25.2 Å². The average molecular weight is 302 g/mol. The van der Waals surface area contributed by atoms with Gasteiger partial charge in [0.25, 0.3) is 0 Å². The predicted molar refractivity (Wildman–Crippen MR) is 82.3 cm³/mol. The molecule has 5 heteroatoms. The van der Waals surface area contributed by atoms with Crippen LogP contribution < -0.4 is 4.74 Å². The molecule has 0 unspecified atom stereocenters. The second-order valence-electron chi connectivity index (χ2n) is 5.25. The predicted octanol–water partition coefficient (Wildman–Crippen LogP) is 2.73. The van der Waals surface area contributed by atoms with Crippen molar-refractivity contribution in [3.8, 4) is 17.0 Å². The first kappa shape index (κ1) is 14.9. The van der Waals surface area contributed by atoms with Crippen LogP contribution in [-0.2, 0) is 11.3 Å². The van der Waals surface area contributed by atoms with Gasteiger partial charge in [-0.05, 0) is 36.4 Å². The van der Waals surface area contributed by atoms with E-state index in [1.54, 1.807) is 19.2 Å². The van der Waals surface area contributed by atoms with Gasteiger partial charge >= 0.3 is 0 Å². The van der Waals surface area contributed by atoms with Gasteiger partial charge in [0.15, 0.2) is 0 Å². The fourth-order valence-corrected chi connectivity index (χ4v) is 2.54. The Kier molecular flexibility index (Phi) is 4.65. The molecule has 3 rings (SSSR count). The largest absolute Gasteiger partial charge is 0.494 e. The summed E-state index contributed by atoms with van der Waals surface area (Å²) in [6.45, 7) is 4.14. The maximum absolute atomic E-state index is 13.1. The quantitative estimate of drug-likeness (QED) is 0.870. The number of nitrogens with zero attached hydrogens (tertiary/aromatic N) is 2. The van der Waals surface area contributed by atoms with E-state index in [1.807, 2.05) is 12.1 Å². The summed E-state index contributed by atoms with van der Waals surface area (Å²) in [6.07, 6.45) is 0. The zero-order valence-corrected chi connectivity index (χ0v) is 12.6. The summed E-state index contributed by atoms with van der Waals surface area (Å²) in [6, 6.07) is 10.2. The molecule has 1 aromatic carbocycles. The maximum atomic E-state index is 13.1. The first-order chi connectivity index (χ1) is 10.8. The number of halogens is 1. The van der Waals surface area contributed by atoms with Gasteiger partial charge in [0.05, 0.1) is 26.0 Å². The molecule has 0 radical (unpaired) electrons. The second kappa shape index (κ2) is 6.85. The molecule has 1 aromatic heterocycles. The van der Waals surface area contributed by atoms with E-state index in [-0.39, 0.29) is 5.82 Å². The van der Waals surface area contributed by atoms with Crippen molar-refractivity contribution in [3.63, 3.8) is 0 Å². The Hall–Kier alpha value is -1.98. The molecular formula is C17H19FN2O2. The number of hydrogen-bond donors (Lipinski definition) is 0. The molecule has 22 heavy (non-hydrogen) atoms. The van der Waals surface area contributed by atoms with E-state index in [0.717, 1.165) is 49.8 Å². The van der Waals surface area contributed by atoms with Gasteiger partial charge in [-0.1, -0.05) is 0 Å². The van der Waals surface area contributed by atoms with E-state index >= 15 is 0 Å². The molecule has 0 amide bonds. The van der Waals surface area contributed by atoms with Gasteiger partial charge in [-0.3, -0.25) is 4.90 Å². The van der Waals surface area contributed by atoms with Crippen molar-refractivity contribution in [1.29, 1.82) is 0 Å². The molecule has 1 aliphatic heterocycles. The molecule has 0 N–H and O–H groups in total. The molecule has 1 aliphatic rings. The Bertz CT molecular complexity index is 625. The molecule has 4 nitrogen and oxygen atoms in total. The summed E-state index contributed by atoms with van der Waals surface area (Å²) in [5, 5.41) is 0. The van der Waals surface area contributed by atoms with Crippen molar-refractivity contribution < 1.29 is 13.9 Å². The van der Waals surface area contributed by atoms with Crippen LogP contribution in [0.1, 0.15) is 5.69 Å². The van der Waals surface area contributed by atoms with E-state index in [2.05, 4.69) is 4.90 Å². The van der Waals surface area contributed by atoms with E-state index in [0.29, 0.717) is 5.75 Å². The first-order valence-electron chi connectivity index (χ1n) is 7.36. The minimum absolute atomic E-state index is 0.257. The smallest absolute Gasteiger partial charge is 0.145 e. The molecule has 2 heterocycles. The number of pyridine rings is 1. The normalized spacial score (nSPS) is 15.7. The fraction of sp³-hybridized carbons (Fsp3) is 0.353. The summed E-state index contributed by atoms with van der Waals surface area (Å²) in [5.41, 5.74) is 2.57. The molecule has 0 saturated carbocycles. The lowest BCUT2D eigenvalue weighted by Crippen LogP contribution is -2.35. The van der Waals surface area contributed by atoms with Crippen molar-refractivity contribution in [2.45, 2.75) is 6.54 Å². The summed E-state index contributed by atoms with van der Waals surface area (Å²) in [4.78, 5) is 7.02. The van der Waals surface area contributed by atoms with Crippen LogP contribution >= 0.6 is 0 Å². The van der Waals surface area contributed by atoms with E-state index in [9.17, 15) is 4.39 Å². The van der Waals surface area contributed by atoms with Crippen LogP contribution in [0.5, 0.6) is 5.75 Å². The summed E-state index contributed by atoms with van der Waals surface area (Å²) >= 11 is 0. The van der Waals surface area contributed by atoms with Crippen molar-refractivity contribution in [1.82, 2.24) is 9.88 Å². The Labute approximate surface area is 129 Å². The molecular weight excluding hydrogens is 283 g/mol. The number of aromatic nitrogens is 1. The van der Waals surface area contributed by atoms with Gasteiger partial charge in [0.1, 0.15) is 17.3 Å². The lowest BCUT2D eigenvalue weighted by atomic mass is 10.1. The Morgan fingerprint density at radius 3 is 2.55 bits per heavy atom. The van der Waals surface area contributed by atoms with Crippen LogP contribution in [0.25, 0.3) is 11.3 Å². The third-order valence-electron chi connectivity index (χ3n) is 3.74. The van der Waals surface area contributed by atoms with Crippen LogP contribution in [0, 0.1) is 5.82 Å². The minimum atomic E-state index is -0.257. The number of methoxy groups -OCH3 is 1. The number of morpholine rings is 1. The van der Waals surface area contributed by atoms with Gasteiger partial charge < -0.3 is 9.47 Å². The maximum Gasteiger partial charge on any atom is 0.145 e. The second-order valence-corrected chi connectivity index (χ2v) is 5.25. The number of rotatable bonds is 4. The van der Waals surface area contributed by atoms with Crippen molar-refractivity contribution in [3.05, 3.63) is 47.9 Å².